The zero-order valence-corrected chi connectivity index (χ0v) is 22.0. The van der Waals surface area contributed by atoms with Gasteiger partial charge in [0.1, 0.15) is 17.6 Å². The highest BCUT2D eigenvalue weighted by Gasteiger charge is 2.34. The highest BCUT2D eigenvalue weighted by atomic mass is 32.1. The average Bonchev–Trinajstić information content (AvgIpc) is 3.66. The molecule has 9 nitrogen and oxygen atoms in total. The van der Waals surface area contributed by atoms with E-state index in [2.05, 4.69) is 32.1 Å². The van der Waals surface area contributed by atoms with Gasteiger partial charge >= 0.3 is 0 Å². The topological polar surface area (TPSA) is 106 Å². The van der Waals surface area contributed by atoms with E-state index in [1.54, 1.807) is 26.8 Å². The number of halogens is 1. The van der Waals surface area contributed by atoms with E-state index in [4.69, 9.17) is 0 Å². The van der Waals surface area contributed by atoms with Crippen LogP contribution in [0.2, 0.25) is 0 Å². The van der Waals surface area contributed by atoms with Gasteiger partial charge < -0.3 is 16.0 Å². The van der Waals surface area contributed by atoms with Crippen molar-refractivity contribution < 1.29 is 9.18 Å². The first-order chi connectivity index (χ1) is 18.4. The van der Waals surface area contributed by atoms with E-state index in [1.807, 2.05) is 26.1 Å². The van der Waals surface area contributed by atoms with Crippen molar-refractivity contribution in [2.75, 3.05) is 5.32 Å². The van der Waals surface area contributed by atoms with Gasteiger partial charge in [0.25, 0.3) is 5.56 Å². The maximum absolute atomic E-state index is 13.9. The van der Waals surface area contributed by atoms with Crippen molar-refractivity contribution in [3.05, 3.63) is 84.8 Å². The fourth-order valence-electron chi connectivity index (χ4n) is 5.34. The third-order valence-electron chi connectivity index (χ3n) is 7.09. The van der Waals surface area contributed by atoms with E-state index < -0.39 is 6.04 Å². The predicted octanol–water partition coefficient (Wildman–Crippen LogP) is 3.17. The molecule has 11 heteroatoms. The van der Waals surface area contributed by atoms with Crippen molar-refractivity contribution >= 4 is 23.1 Å². The molecule has 4 aromatic rings. The summed E-state index contributed by atoms with van der Waals surface area (Å²) in [5.41, 5.74) is 4.49. The lowest BCUT2D eigenvalue weighted by Gasteiger charge is -2.18. The number of fused-ring (bicyclic) bond motifs is 2. The van der Waals surface area contributed by atoms with Gasteiger partial charge in [-0.25, -0.2) is 9.37 Å². The lowest BCUT2D eigenvalue weighted by molar-refractivity contribution is -0.124. The van der Waals surface area contributed by atoms with Gasteiger partial charge in [0.15, 0.2) is 5.82 Å². The van der Waals surface area contributed by atoms with Gasteiger partial charge in [-0.2, -0.15) is 5.10 Å². The van der Waals surface area contributed by atoms with Crippen molar-refractivity contribution in [1.29, 1.82) is 0 Å². The van der Waals surface area contributed by atoms with Crippen LogP contribution in [0, 0.1) is 12.7 Å². The number of aryl methyl sites for hydroxylation is 2. The largest absolute Gasteiger partial charge is 0.361 e. The molecule has 0 unspecified atom stereocenters. The fraction of sp³-hybridized carbons (Fsp3) is 0.333. The summed E-state index contributed by atoms with van der Waals surface area (Å²) in [5, 5.41) is 13.7. The molecule has 196 valence electrons. The summed E-state index contributed by atoms with van der Waals surface area (Å²) >= 11 is 1.70. The zero-order chi connectivity index (χ0) is 26.4. The Hall–Kier alpha value is -3.83. The Balaban J connectivity index is 1.31. The summed E-state index contributed by atoms with van der Waals surface area (Å²) < 4.78 is 17.2. The number of aromatic nitrogens is 4. The van der Waals surface area contributed by atoms with E-state index in [-0.39, 0.29) is 29.6 Å². The molecule has 5 heterocycles. The molecular formula is C27H28FN7O2S. The van der Waals surface area contributed by atoms with Crippen molar-refractivity contribution in [1.82, 2.24) is 30.0 Å². The number of amides is 1. The molecule has 1 amide bonds. The monoisotopic (exact) mass is 533 g/mol. The van der Waals surface area contributed by atoms with Crippen LogP contribution >= 0.6 is 11.3 Å². The number of benzene rings is 1. The molecule has 3 aromatic heterocycles. The van der Waals surface area contributed by atoms with Gasteiger partial charge in [-0.3, -0.25) is 18.8 Å². The van der Waals surface area contributed by atoms with Crippen LogP contribution in [0.5, 0.6) is 0 Å². The highest BCUT2D eigenvalue weighted by Crippen LogP contribution is 2.32. The molecule has 3 N–H and O–H groups in total. The van der Waals surface area contributed by atoms with Crippen LogP contribution in [0.1, 0.15) is 44.6 Å². The maximum atomic E-state index is 13.9. The van der Waals surface area contributed by atoms with E-state index in [0.29, 0.717) is 36.3 Å². The molecule has 2 aliphatic rings. The minimum Gasteiger partial charge on any atom is -0.361 e. The Morgan fingerprint density at radius 1 is 1.24 bits per heavy atom. The van der Waals surface area contributed by atoms with Gasteiger partial charge in [-0.05, 0) is 60.7 Å². The summed E-state index contributed by atoms with van der Waals surface area (Å²) in [7, 11) is 1.81. The fourth-order valence-corrected chi connectivity index (χ4v) is 6.44. The van der Waals surface area contributed by atoms with Gasteiger partial charge in [0, 0.05) is 42.6 Å². The molecule has 0 saturated carbocycles. The first kappa shape index (κ1) is 24.5. The molecule has 38 heavy (non-hydrogen) atoms. The molecule has 0 spiro atoms. The number of hydrogen-bond donors (Lipinski definition) is 3. The maximum Gasteiger partial charge on any atom is 0.294 e. The molecule has 0 fully saturated rings. The van der Waals surface area contributed by atoms with Crippen molar-refractivity contribution in [3.8, 4) is 11.4 Å². The smallest absolute Gasteiger partial charge is 0.294 e. The summed E-state index contributed by atoms with van der Waals surface area (Å²) in [5.74, 6) is -0.403. The number of carbonyl (C=O) groups excluding carboxylic acids is 1. The lowest BCUT2D eigenvalue weighted by atomic mass is 10.1. The summed E-state index contributed by atoms with van der Waals surface area (Å²) in [4.78, 5) is 34.1. The third kappa shape index (κ3) is 4.52. The molecule has 0 aliphatic carbocycles. The number of rotatable bonds is 7. The van der Waals surface area contributed by atoms with Crippen LogP contribution in [0.3, 0.4) is 0 Å². The minimum absolute atomic E-state index is 0.119. The second-order valence-corrected chi connectivity index (χ2v) is 11.0. The Labute approximate surface area is 222 Å². The number of nitrogens with one attached hydrogen (secondary N) is 3. The predicted molar refractivity (Wildman–Crippen MR) is 143 cm³/mol. The molecule has 1 atom stereocenters. The van der Waals surface area contributed by atoms with Gasteiger partial charge in [-0.15, -0.1) is 11.3 Å². The van der Waals surface area contributed by atoms with Crippen molar-refractivity contribution in [2.24, 2.45) is 7.05 Å². The Bertz CT molecular complexity index is 1560. The quantitative estimate of drug-likeness (QED) is 0.337. The zero-order valence-electron chi connectivity index (χ0n) is 21.2. The molecule has 2 aliphatic heterocycles. The second-order valence-electron chi connectivity index (χ2n) is 9.80. The second kappa shape index (κ2) is 9.80. The van der Waals surface area contributed by atoms with E-state index in [0.717, 1.165) is 29.2 Å². The minimum atomic E-state index is -0.641. The highest BCUT2D eigenvalue weighted by molar-refractivity contribution is 7.12. The third-order valence-corrected chi connectivity index (χ3v) is 8.27. The number of anilines is 1. The van der Waals surface area contributed by atoms with Crippen LogP contribution in [0.15, 0.2) is 41.3 Å². The SMILES string of the molecule is Cc1cc(F)cc(CNc2nc(-c3ccnn3C)c3n(c2=O)[C@H](C(=O)NCc2cc4c(s2)CNC4)CC3)c1. The standard InChI is InChI=1S/C27H28FN7O2S/c1-15-7-16(9-18(28)8-15)11-30-25-27(37)35-21(24(33-25)20-5-6-32-34(20)2)3-4-22(35)26(36)31-13-19-10-17-12-29-14-23(17)38-19/h5-10,22,29H,3-4,11-14H2,1-2H3,(H,30,33)(H,31,36)/t22-/m0/s1. The van der Waals surface area contributed by atoms with Gasteiger partial charge in [0.05, 0.1) is 17.9 Å². The first-order valence-electron chi connectivity index (χ1n) is 12.6. The summed E-state index contributed by atoms with van der Waals surface area (Å²) in [6.45, 7) is 4.20. The molecule has 6 rings (SSSR count). The van der Waals surface area contributed by atoms with Crippen LogP contribution in [-0.4, -0.2) is 25.2 Å². The number of hydrogen-bond acceptors (Lipinski definition) is 7. The first-order valence-corrected chi connectivity index (χ1v) is 13.4. The van der Waals surface area contributed by atoms with Crippen LogP contribution in [0.4, 0.5) is 10.2 Å². The van der Waals surface area contributed by atoms with Crippen molar-refractivity contribution in [2.45, 2.75) is 52.0 Å². The van der Waals surface area contributed by atoms with Crippen LogP contribution in [-0.2, 0) is 44.4 Å². The molecular weight excluding hydrogens is 505 g/mol. The van der Waals surface area contributed by atoms with Gasteiger partial charge in [0.2, 0.25) is 5.91 Å². The molecule has 0 bridgehead atoms. The van der Waals surface area contributed by atoms with Crippen LogP contribution in [0.25, 0.3) is 11.4 Å². The summed E-state index contributed by atoms with van der Waals surface area (Å²) in [6.07, 6.45) is 2.73. The summed E-state index contributed by atoms with van der Waals surface area (Å²) in [6, 6.07) is 8.07. The average molecular weight is 534 g/mol. The Kier molecular flexibility index (Phi) is 6.32. The molecule has 0 saturated heterocycles. The Morgan fingerprint density at radius 2 is 2.11 bits per heavy atom. The molecule has 1 aromatic carbocycles. The lowest BCUT2D eigenvalue weighted by Crippen LogP contribution is -2.36. The Morgan fingerprint density at radius 3 is 2.87 bits per heavy atom. The van der Waals surface area contributed by atoms with E-state index in [9.17, 15) is 14.0 Å². The normalized spacial score (nSPS) is 15.9. The van der Waals surface area contributed by atoms with Crippen molar-refractivity contribution in [3.63, 3.8) is 0 Å². The van der Waals surface area contributed by atoms with Gasteiger partial charge in [-0.1, -0.05) is 6.07 Å². The van der Waals surface area contributed by atoms with E-state index in [1.165, 1.54) is 22.6 Å². The number of nitrogens with zero attached hydrogens (tertiary/aromatic N) is 4. The number of carbonyl (C=O) groups is 1. The van der Waals surface area contributed by atoms with E-state index >= 15 is 0 Å². The molecule has 0 radical (unpaired) electrons. The van der Waals surface area contributed by atoms with Crippen LogP contribution < -0.4 is 21.5 Å². The number of thiophene rings is 1.